The second-order valence-corrected chi connectivity index (χ2v) is 3.43. The van der Waals surface area contributed by atoms with Crippen LogP contribution in [0.15, 0.2) is 24.3 Å². The molecule has 0 heterocycles. The zero-order chi connectivity index (χ0) is 9.68. The number of hydrogen-bond donors (Lipinski definition) is 1. The molecular weight excluding hydrogens is 207 g/mol. The molecule has 0 aliphatic rings. The van der Waals surface area contributed by atoms with Gasteiger partial charge in [-0.2, -0.15) is 12.6 Å². The second-order valence-electron chi connectivity index (χ2n) is 2.58. The molecule has 1 aromatic carbocycles. The van der Waals surface area contributed by atoms with Crippen LogP contribution in [0.5, 0.6) is 0 Å². The van der Waals surface area contributed by atoms with Crippen molar-refractivity contribution in [3.8, 4) is 0 Å². The van der Waals surface area contributed by atoms with Crippen LogP contribution in [-0.4, -0.2) is 5.75 Å². The van der Waals surface area contributed by atoms with Gasteiger partial charge in [0.25, 0.3) is 0 Å². The van der Waals surface area contributed by atoms with E-state index >= 15 is 0 Å². The topological polar surface area (TPSA) is 0 Å². The van der Waals surface area contributed by atoms with Crippen LogP contribution in [0, 0.1) is 5.82 Å². The molecule has 13 heavy (non-hydrogen) atoms. The van der Waals surface area contributed by atoms with Gasteiger partial charge in [0.05, 0.1) is 5.02 Å². The molecule has 0 amide bonds. The summed E-state index contributed by atoms with van der Waals surface area (Å²) in [6.07, 6.45) is 4.72. The van der Waals surface area contributed by atoms with Crippen LogP contribution in [0.4, 0.5) is 4.39 Å². The van der Waals surface area contributed by atoms with E-state index < -0.39 is 0 Å². The Kier molecular flexibility index (Phi) is 4.33. The predicted octanol–water partition coefficient (Wildman–Crippen LogP) is 3.81. The Hall–Kier alpha value is -0.470. The number of rotatable bonds is 3. The maximum Gasteiger partial charge on any atom is 0.124 e. The summed E-state index contributed by atoms with van der Waals surface area (Å²) in [4.78, 5) is 0. The Balaban J connectivity index is 2.77. The number of thiol groups is 1. The van der Waals surface area contributed by atoms with Gasteiger partial charge >= 0.3 is 0 Å². The van der Waals surface area contributed by atoms with Crippen molar-refractivity contribution in [3.63, 3.8) is 0 Å². The van der Waals surface area contributed by atoms with Gasteiger partial charge in [0.1, 0.15) is 5.82 Å². The van der Waals surface area contributed by atoms with Gasteiger partial charge in [0.15, 0.2) is 0 Å². The van der Waals surface area contributed by atoms with E-state index in [9.17, 15) is 4.39 Å². The first kappa shape index (κ1) is 10.6. The van der Waals surface area contributed by atoms with Crippen molar-refractivity contribution in [1.82, 2.24) is 0 Å². The van der Waals surface area contributed by atoms with Crippen LogP contribution in [0.2, 0.25) is 5.02 Å². The number of halogens is 2. The molecule has 0 bridgehead atoms. The van der Waals surface area contributed by atoms with Crippen molar-refractivity contribution >= 4 is 30.3 Å². The maximum atomic E-state index is 12.6. The molecule has 0 saturated carbocycles. The molecule has 1 aromatic rings. The second kappa shape index (κ2) is 5.30. The van der Waals surface area contributed by atoms with Gasteiger partial charge in [0, 0.05) is 0 Å². The molecule has 70 valence electrons. The monoisotopic (exact) mass is 216 g/mol. The van der Waals surface area contributed by atoms with Gasteiger partial charge in [-0.3, -0.25) is 0 Å². The summed E-state index contributed by atoms with van der Waals surface area (Å²) in [6, 6.07) is 4.36. The first-order valence-corrected chi connectivity index (χ1v) is 4.97. The summed E-state index contributed by atoms with van der Waals surface area (Å²) >= 11 is 9.86. The largest absolute Gasteiger partial charge is 0.207 e. The fourth-order valence-corrected chi connectivity index (χ4v) is 1.30. The molecule has 1 rings (SSSR count). The molecule has 0 radical (unpaired) electrons. The van der Waals surface area contributed by atoms with Crippen molar-refractivity contribution in [1.29, 1.82) is 0 Å². The lowest BCUT2D eigenvalue weighted by Crippen LogP contribution is -1.78. The Morgan fingerprint density at radius 3 is 2.85 bits per heavy atom. The van der Waals surface area contributed by atoms with Gasteiger partial charge in [-0.15, -0.1) is 0 Å². The van der Waals surface area contributed by atoms with E-state index in [1.165, 1.54) is 12.1 Å². The smallest absolute Gasteiger partial charge is 0.124 e. The first-order chi connectivity index (χ1) is 6.24. The third kappa shape index (κ3) is 3.41. The highest BCUT2D eigenvalue weighted by atomic mass is 35.5. The molecular formula is C10H10ClFS. The Labute approximate surface area is 87.8 Å². The SMILES string of the molecule is Fc1ccc(C=CCCS)c(Cl)c1. The molecule has 0 N–H and O–H groups in total. The summed E-state index contributed by atoms with van der Waals surface area (Å²) in [5.41, 5.74) is 0.838. The lowest BCUT2D eigenvalue weighted by Gasteiger charge is -1.97. The summed E-state index contributed by atoms with van der Waals surface area (Å²) < 4.78 is 12.6. The molecule has 3 heteroatoms. The van der Waals surface area contributed by atoms with Gasteiger partial charge in [0.2, 0.25) is 0 Å². The van der Waals surface area contributed by atoms with Crippen LogP contribution >= 0.6 is 24.2 Å². The highest BCUT2D eigenvalue weighted by molar-refractivity contribution is 7.80. The van der Waals surface area contributed by atoms with E-state index in [-0.39, 0.29) is 5.82 Å². The van der Waals surface area contributed by atoms with E-state index in [1.54, 1.807) is 6.07 Å². The quantitative estimate of drug-likeness (QED) is 0.730. The zero-order valence-electron chi connectivity index (χ0n) is 7.00. The highest BCUT2D eigenvalue weighted by Crippen LogP contribution is 2.18. The lowest BCUT2D eigenvalue weighted by molar-refractivity contribution is 0.628. The van der Waals surface area contributed by atoms with Crippen molar-refractivity contribution in [2.24, 2.45) is 0 Å². The van der Waals surface area contributed by atoms with Crippen LogP contribution < -0.4 is 0 Å². The number of benzene rings is 1. The number of hydrogen-bond acceptors (Lipinski definition) is 1. The van der Waals surface area contributed by atoms with E-state index in [4.69, 9.17) is 11.6 Å². The van der Waals surface area contributed by atoms with Crippen molar-refractivity contribution in [3.05, 3.63) is 40.7 Å². The maximum absolute atomic E-state index is 12.6. The zero-order valence-corrected chi connectivity index (χ0v) is 8.65. The van der Waals surface area contributed by atoms with Gasteiger partial charge in [-0.05, 0) is 29.9 Å². The summed E-state index contributed by atoms with van der Waals surface area (Å²) in [5, 5.41) is 0.440. The van der Waals surface area contributed by atoms with E-state index in [1.807, 2.05) is 12.2 Å². The predicted molar refractivity (Wildman–Crippen MR) is 58.9 cm³/mol. The third-order valence-electron chi connectivity index (χ3n) is 1.56. The normalized spacial score (nSPS) is 11.0. The minimum absolute atomic E-state index is 0.309. The van der Waals surface area contributed by atoms with Crippen LogP contribution in [0.1, 0.15) is 12.0 Å². The molecule has 0 unspecified atom stereocenters. The van der Waals surface area contributed by atoms with Gasteiger partial charge in [-0.1, -0.05) is 29.8 Å². The average Bonchev–Trinajstić information content (AvgIpc) is 2.09. The molecule has 0 aliphatic heterocycles. The molecule has 0 spiro atoms. The van der Waals surface area contributed by atoms with Crippen molar-refractivity contribution < 1.29 is 4.39 Å². The van der Waals surface area contributed by atoms with Crippen LogP contribution in [0.3, 0.4) is 0 Å². The summed E-state index contributed by atoms with van der Waals surface area (Å²) in [7, 11) is 0. The number of allylic oxidation sites excluding steroid dienone is 1. The molecule has 0 aliphatic carbocycles. The minimum atomic E-state index is -0.309. The highest BCUT2D eigenvalue weighted by Gasteiger charge is 1.97. The van der Waals surface area contributed by atoms with Crippen molar-refractivity contribution in [2.45, 2.75) is 6.42 Å². The summed E-state index contributed by atoms with van der Waals surface area (Å²) in [5.74, 6) is 0.492. The molecule has 0 atom stereocenters. The van der Waals surface area contributed by atoms with E-state index in [0.717, 1.165) is 17.7 Å². The Morgan fingerprint density at radius 2 is 2.23 bits per heavy atom. The molecule has 0 fully saturated rings. The molecule has 0 aromatic heterocycles. The van der Waals surface area contributed by atoms with Gasteiger partial charge < -0.3 is 0 Å². The van der Waals surface area contributed by atoms with E-state index in [2.05, 4.69) is 12.6 Å². The van der Waals surface area contributed by atoms with Crippen LogP contribution in [0.25, 0.3) is 6.08 Å². The van der Waals surface area contributed by atoms with Gasteiger partial charge in [-0.25, -0.2) is 4.39 Å². The first-order valence-electron chi connectivity index (χ1n) is 3.96. The minimum Gasteiger partial charge on any atom is -0.207 e. The average molecular weight is 217 g/mol. The summed E-state index contributed by atoms with van der Waals surface area (Å²) in [6.45, 7) is 0. The Morgan fingerprint density at radius 1 is 1.46 bits per heavy atom. The Bertz CT molecular complexity index is 310. The van der Waals surface area contributed by atoms with E-state index in [0.29, 0.717) is 5.02 Å². The van der Waals surface area contributed by atoms with Crippen molar-refractivity contribution in [2.75, 3.05) is 5.75 Å². The standard InChI is InChI=1S/C10H10ClFS/c11-10-7-9(12)5-4-8(10)3-1-2-6-13/h1,3-5,7,13H,2,6H2. The van der Waals surface area contributed by atoms with Crippen LogP contribution in [-0.2, 0) is 0 Å². The molecule has 0 saturated heterocycles. The third-order valence-corrected chi connectivity index (χ3v) is 2.14. The fraction of sp³-hybridized carbons (Fsp3) is 0.200. The fourth-order valence-electron chi connectivity index (χ4n) is 0.922. The molecule has 0 nitrogen and oxygen atoms in total. The lowest BCUT2D eigenvalue weighted by atomic mass is 10.2.